The van der Waals surface area contributed by atoms with Gasteiger partial charge in [0, 0.05) is 11.4 Å². The molecule has 0 aliphatic rings. The molecule has 0 saturated carbocycles. The standard InChI is InChI=1S/C14H15NO3S/c1-17-12-5-2-4-11(8-12)9-15-14(16)18-10-13-6-3-7-19-13/h2-8H,9-10H2,1H3,(H,15,16). The highest BCUT2D eigenvalue weighted by Crippen LogP contribution is 2.12. The maximum absolute atomic E-state index is 11.5. The molecular weight excluding hydrogens is 262 g/mol. The summed E-state index contributed by atoms with van der Waals surface area (Å²) in [7, 11) is 1.61. The molecule has 1 amide bonds. The Bertz CT molecular complexity index is 525. The fraction of sp³-hybridized carbons (Fsp3) is 0.214. The van der Waals surface area contributed by atoms with Gasteiger partial charge in [-0.3, -0.25) is 0 Å². The number of carbonyl (C=O) groups is 1. The summed E-state index contributed by atoms with van der Waals surface area (Å²) in [6.45, 7) is 0.724. The summed E-state index contributed by atoms with van der Waals surface area (Å²) in [6.07, 6.45) is -0.420. The van der Waals surface area contributed by atoms with Gasteiger partial charge in [0.05, 0.1) is 7.11 Å². The second-order valence-corrected chi connectivity index (χ2v) is 4.89. The number of alkyl carbamates (subject to hydrolysis) is 1. The lowest BCUT2D eigenvalue weighted by Gasteiger charge is -2.07. The van der Waals surface area contributed by atoms with Gasteiger partial charge in [0.15, 0.2) is 0 Å². The van der Waals surface area contributed by atoms with Gasteiger partial charge in [0.2, 0.25) is 0 Å². The largest absolute Gasteiger partial charge is 0.497 e. The van der Waals surface area contributed by atoms with E-state index in [1.807, 2.05) is 41.8 Å². The number of nitrogens with one attached hydrogen (secondary N) is 1. The number of amides is 1. The summed E-state index contributed by atoms with van der Waals surface area (Å²) in [5.41, 5.74) is 0.965. The Morgan fingerprint density at radius 1 is 1.32 bits per heavy atom. The molecule has 0 atom stereocenters. The molecule has 0 fully saturated rings. The quantitative estimate of drug-likeness (QED) is 0.913. The number of methoxy groups -OCH3 is 1. The van der Waals surface area contributed by atoms with E-state index in [4.69, 9.17) is 9.47 Å². The molecule has 0 saturated heterocycles. The third-order valence-electron chi connectivity index (χ3n) is 2.50. The summed E-state index contributed by atoms with van der Waals surface area (Å²) in [6, 6.07) is 11.4. The lowest BCUT2D eigenvalue weighted by Crippen LogP contribution is -2.23. The molecule has 0 aliphatic heterocycles. The van der Waals surface area contributed by atoms with Gasteiger partial charge >= 0.3 is 6.09 Å². The van der Waals surface area contributed by atoms with Crippen molar-refractivity contribution in [1.82, 2.24) is 5.32 Å². The maximum Gasteiger partial charge on any atom is 0.407 e. The highest BCUT2D eigenvalue weighted by molar-refractivity contribution is 7.09. The third kappa shape index (κ3) is 4.30. The molecule has 0 aliphatic carbocycles. The van der Waals surface area contributed by atoms with Crippen molar-refractivity contribution in [2.45, 2.75) is 13.2 Å². The van der Waals surface area contributed by atoms with Crippen molar-refractivity contribution in [3.8, 4) is 5.75 Å². The zero-order valence-electron chi connectivity index (χ0n) is 10.6. The summed E-state index contributed by atoms with van der Waals surface area (Å²) < 4.78 is 10.2. The zero-order valence-corrected chi connectivity index (χ0v) is 11.4. The monoisotopic (exact) mass is 277 g/mol. The number of carbonyl (C=O) groups excluding carboxylic acids is 1. The molecule has 1 heterocycles. The van der Waals surface area contributed by atoms with Crippen LogP contribution in [0, 0.1) is 0 Å². The summed E-state index contributed by atoms with van der Waals surface area (Å²) in [4.78, 5) is 12.5. The minimum absolute atomic E-state index is 0.307. The fourth-order valence-corrected chi connectivity index (χ4v) is 2.16. The molecule has 1 aromatic heterocycles. The highest BCUT2D eigenvalue weighted by atomic mass is 32.1. The number of rotatable bonds is 5. The Kier molecular flexibility index (Phi) is 4.80. The first kappa shape index (κ1) is 13.4. The molecule has 0 spiro atoms. The predicted octanol–water partition coefficient (Wildman–Crippen LogP) is 3.18. The summed E-state index contributed by atoms with van der Waals surface area (Å²) in [5, 5.41) is 4.65. The van der Waals surface area contributed by atoms with Crippen LogP contribution in [0.2, 0.25) is 0 Å². The van der Waals surface area contributed by atoms with E-state index in [1.165, 1.54) is 0 Å². The van der Waals surface area contributed by atoms with E-state index in [2.05, 4.69) is 5.32 Å². The van der Waals surface area contributed by atoms with Crippen LogP contribution in [0.5, 0.6) is 5.75 Å². The second-order valence-electron chi connectivity index (χ2n) is 3.86. The number of hydrogen-bond acceptors (Lipinski definition) is 4. The molecule has 1 aromatic carbocycles. The molecule has 2 rings (SSSR count). The summed E-state index contributed by atoms with van der Waals surface area (Å²) in [5.74, 6) is 0.770. The van der Waals surface area contributed by atoms with Gasteiger partial charge in [-0.2, -0.15) is 0 Å². The predicted molar refractivity (Wildman–Crippen MR) is 74.3 cm³/mol. The lowest BCUT2D eigenvalue weighted by molar-refractivity contribution is 0.140. The van der Waals surface area contributed by atoms with Gasteiger partial charge < -0.3 is 14.8 Å². The Hall–Kier alpha value is -2.01. The van der Waals surface area contributed by atoms with Crippen LogP contribution in [-0.4, -0.2) is 13.2 Å². The fourth-order valence-electron chi connectivity index (χ4n) is 1.54. The maximum atomic E-state index is 11.5. The van der Waals surface area contributed by atoms with Gasteiger partial charge in [0.25, 0.3) is 0 Å². The lowest BCUT2D eigenvalue weighted by atomic mass is 10.2. The van der Waals surface area contributed by atoms with Crippen molar-refractivity contribution in [3.63, 3.8) is 0 Å². The Morgan fingerprint density at radius 2 is 2.21 bits per heavy atom. The van der Waals surface area contributed by atoms with Gasteiger partial charge in [-0.05, 0) is 29.1 Å². The number of benzene rings is 1. The van der Waals surface area contributed by atoms with Crippen molar-refractivity contribution in [2.75, 3.05) is 7.11 Å². The average Bonchev–Trinajstić information content (AvgIpc) is 2.96. The van der Waals surface area contributed by atoms with Gasteiger partial charge in [-0.1, -0.05) is 18.2 Å². The van der Waals surface area contributed by atoms with Crippen LogP contribution in [-0.2, 0) is 17.9 Å². The number of hydrogen-bond donors (Lipinski definition) is 1. The minimum atomic E-state index is -0.420. The summed E-state index contributed by atoms with van der Waals surface area (Å²) >= 11 is 1.56. The van der Waals surface area contributed by atoms with Crippen LogP contribution in [0.1, 0.15) is 10.4 Å². The van der Waals surface area contributed by atoms with E-state index >= 15 is 0 Å². The minimum Gasteiger partial charge on any atom is -0.497 e. The van der Waals surface area contributed by atoms with Crippen LogP contribution in [0.3, 0.4) is 0 Å². The third-order valence-corrected chi connectivity index (χ3v) is 3.35. The smallest absolute Gasteiger partial charge is 0.407 e. The molecule has 4 nitrogen and oxygen atoms in total. The van der Waals surface area contributed by atoms with Crippen LogP contribution in [0.4, 0.5) is 4.79 Å². The topological polar surface area (TPSA) is 47.6 Å². The first-order valence-electron chi connectivity index (χ1n) is 5.84. The van der Waals surface area contributed by atoms with Crippen LogP contribution in [0.25, 0.3) is 0 Å². The Morgan fingerprint density at radius 3 is 2.95 bits per heavy atom. The Labute approximate surface area is 116 Å². The average molecular weight is 277 g/mol. The Balaban J connectivity index is 1.76. The van der Waals surface area contributed by atoms with Crippen LogP contribution in [0.15, 0.2) is 41.8 Å². The molecule has 19 heavy (non-hydrogen) atoms. The molecule has 5 heteroatoms. The van der Waals surface area contributed by atoms with Crippen LogP contribution >= 0.6 is 11.3 Å². The second kappa shape index (κ2) is 6.80. The SMILES string of the molecule is COc1cccc(CNC(=O)OCc2cccs2)c1. The van der Waals surface area contributed by atoms with E-state index < -0.39 is 6.09 Å². The number of ether oxygens (including phenoxy) is 2. The van der Waals surface area contributed by atoms with Gasteiger partial charge in [0.1, 0.15) is 12.4 Å². The van der Waals surface area contributed by atoms with E-state index in [-0.39, 0.29) is 0 Å². The number of thiophene rings is 1. The molecule has 0 bridgehead atoms. The molecule has 100 valence electrons. The normalized spacial score (nSPS) is 9.95. The van der Waals surface area contributed by atoms with Crippen molar-refractivity contribution in [2.24, 2.45) is 0 Å². The first-order valence-corrected chi connectivity index (χ1v) is 6.72. The van der Waals surface area contributed by atoms with Crippen molar-refractivity contribution in [3.05, 3.63) is 52.2 Å². The van der Waals surface area contributed by atoms with E-state index in [0.29, 0.717) is 13.2 Å². The zero-order chi connectivity index (χ0) is 13.5. The van der Waals surface area contributed by atoms with Crippen molar-refractivity contribution in [1.29, 1.82) is 0 Å². The van der Waals surface area contributed by atoms with Crippen LogP contribution < -0.4 is 10.1 Å². The highest BCUT2D eigenvalue weighted by Gasteiger charge is 2.03. The van der Waals surface area contributed by atoms with E-state index in [9.17, 15) is 4.79 Å². The van der Waals surface area contributed by atoms with Crippen molar-refractivity contribution >= 4 is 17.4 Å². The molecule has 0 unspecified atom stereocenters. The van der Waals surface area contributed by atoms with Gasteiger partial charge in [-0.15, -0.1) is 11.3 Å². The molecule has 0 radical (unpaired) electrons. The molecular formula is C14H15NO3S. The van der Waals surface area contributed by atoms with Gasteiger partial charge in [-0.25, -0.2) is 4.79 Å². The van der Waals surface area contributed by atoms with Crippen molar-refractivity contribution < 1.29 is 14.3 Å². The molecule has 2 aromatic rings. The molecule has 1 N–H and O–H groups in total. The van der Waals surface area contributed by atoms with E-state index in [0.717, 1.165) is 16.2 Å². The first-order chi connectivity index (χ1) is 9.28. The van der Waals surface area contributed by atoms with E-state index in [1.54, 1.807) is 18.4 Å².